The number of nitrogens with zero attached hydrogens (tertiary/aromatic N) is 2. The van der Waals surface area contributed by atoms with Crippen molar-refractivity contribution in [3.8, 4) is 5.75 Å². The molecule has 5 rings (SSSR count). The first kappa shape index (κ1) is 27.0. The number of likely N-dealkylation sites (N-methyl/N-ethyl adjacent to an activating group) is 1. The molecule has 2 amide bonds. The van der Waals surface area contributed by atoms with E-state index < -0.39 is 81.3 Å². The Kier molecular flexibility index (Phi) is 6.24. The first-order chi connectivity index (χ1) is 18.2. The Morgan fingerprint density at radius 2 is 1.92 bits per heavy atom. The number of aromatic hydroxyl groups is 1. The Bertz CT molecular complexity index is 1420. The minimum absolute atomic E-state index is 0.000456. The number of nitrogens with two attached hydrogens (primary N) is 2. The molecule has 1 saturated heterocycles. The van der Waals surface area contributed by atoms with Crippen LogP contribution >= 0.6 is 0 Å². The molecule has 39 heavy (non-hydrogen) atoms. The van der Waals surface area contributed by atoms with Crippen molar-refractivity contribution < 1.29 is 39.2 Å². The van der Waals surface area contributed by atoms with Crippen LogP contribution in [0.5, 0.6) is 5.75 Å². The number of allylic oxidation sites excluding steroid dienone is 1. The number of carbonyl (C=O) groups is 3. The Morgan fingerprint density at radius 3 is 2.54 bits per heavy atom. The van der Waals surface area contributed by atoms with Crippen LogP contribution in [-0.2, 0) is 16.0 Å². The summed E-state index contributed by atoms with van der Waals surface area (Å²) in [6.45, 7) is 0.169. The number of hydrogen-bond donors (Lipinski definition) is 6. The fourth-order valence-electron chi connectivity index (χ4n) is 6.77. The summed E-state index contributed by atoms with van der Waals surface area (Å²) in [5.74, 6) is -6.96. The van der Waals surface area contributed by atoms with Gasteiger partial charge in [0.2, 0.25) is 0 Å². The number of phenols is 1. The Labute approximate surface area is 224 Å². The number of aliphatic hydroxyl groups is 3. The Balaban J connectivity index is 1.69. The summed E-state index contributed by atoms with van der Waals surface area (Å²) in [6.07, 6.45) is 0.833. The summed E-state index contributed by atoms with van der Waals surface area (Å²) in [6, 6.07) is -0.818. The molecule has 4 aliphatic rings. The maximum atomic E-state index is 15.5. The molecular weight excluding hydrogens is 510 g/mol. The monoisotopic (exact) mass is 540 g/mol. The van der Waals surface area contributed by atoms with Gasteiger partial charge in [0, 0.05) is 0 Å². The molecule has 0 unspecified atom stereocenters. The SMILES string of the molecule is B=C1C(C(N)=O)=C(O)[C@@H](N(C)C)[C@@H]2C[C@@H]3Cc4c(F)cc(N5CCC[C@H](N)C5=O)c(O)c4C(=O)C3=C(O)[C@]12O. The molecule has 11 nitrogen and oxygen atoms in total. The second-order valence-corrected chi connectivity index (χ2v) is 10.9. The van der Waals surface area contributed by atoms with E-state index in [4.69, 9.17) is 11.5 Å². The van der Waals surface area contributed by atoms with Crippen molar-refractivity contribution in [3.05, 3.63) is 45.7 Å². The van der Waals surface area contributed by atoms with Crippen LogP contribution in [0.4, 0.5) is 10.1 Å². The fourth-order valence-corrected chi connectivity index (χ4v) is 6.77. The van der Waals surface area contributed by atoms with Crippen LogP contribution in [-0.4, -0.2) is 94.2 Å². The number of rotatable bonds is 3. The third-order valence-corrected chi connectivity index (χ3v) is 8.61. The number of piperidine rings is 1. The summed E-state index contributed by atoms with van der Waals surface area (Å²) in [5.41, 5.74) is 7.18. The minimum atomic E-state index is -2.36. The van der Waals surface area contributed by atoms with Crippen molar-refractivity contribution in [2.75, 3.05) is 25.5 Å². The van der Waals surface area contributed by atoms with Gasteiger partial charge in [0.05, 0.1) is 0 Å². The molecule has 1 aromatic rings. The van der Waals surface area contributed by atoms with E-state index in [1.54, 1.807) is 14.1 Å². The van der Waals surface area contributed by atoms with Crippen LogP contribution in [0.15, 0.2) is 28.7 Å². The van der Waals surface area contributed by atoms with Gasteiger partial charge in [0.1, 0.15) is 0 Å². The van der Waals surface area contributed by atoms with Crippen LogP contribution in [0.2, 0.25) is 0 Å². The predicted molar refractivity (Wildman–Crippen MR) is 140 cm³/mol. The molecule has 1 aliphatic heterocycles. The third kappa shape index (κ3) is 3.60. The average Bonchev–Trinajstić information content (AvgIpc) is 2.85. The van der Waals surface area contributed by atoms with Crippen molar-refractivity contribution in [3.63, 3.8) is 0 Å². The molecule has 0 spiro atoms. The van der Waals surface area contributed by atoms with Crippen LogP contribution in [0, 0.1) is 17.7 Å². The van der Waals surface area contributed by atoms with Gasteiger partial charge in [-0.2, -0.15) is 0 Å². The van der Waals surface area contributed by atoms with Crippen LogP contribution in [0.3, 0.4) is 0 Å². The van der Waals surface area contributed by atoms with E-state index in [0.29, 0.717) is 12.8 Å². The quantitative estimate of drug-likeness (QED) is 0.267. The van der Waals surface area contributed by atoms with Gasteiger partial charge in [0.25, 0.3) is 0 Å². The Morgan fingerprint density at radius 1 is 1.26 bits per heavy atom. The molecule has 1 fully saturated rings. The zero-order valence-corrected chi connectivity index (χ0v) is 21.6. The summed E-state index contributed by atoms with van der Waals surface area (Å²) in [7, 11) is 6.93. The molecule has 1 aromatic carbocycles. The summed E-state index contributed by atoms with van der Waals surface area (Å²) in [4.78, 5) is 41.4. The number of amides is 2. The molecular formula is C26H30BFN4O7. The van der Waals surface area contributed by atoms with Gasteiger partial charge in [-0.1, -0.05) is 0 Å². The molecule has 1 heterocycles. The summed E-state index contributed by atoms with van der Waals surface area (Å²) in [5, 5.41) is 45.5. The van der Waals surface area contributed by atoms with Crippen molar-refractivity contribution in [1.29, 1.82) is 0 Å². The van der Waals surface area contributed by atoms with E-state index in [-0.39, 0.29) is 41.7 Å². The fraction of sp³-hybridized carbons (Fsp3) is 0.462. The van der Waals surface area contributed by atoms with Crippen molar-refractivity contribution in [2.45, 2.75) is 43.4 Å². The molecule has 8 N–H and O–H groups in total. The van der Waals surface area contributed by atoms with E-state index in [1.807, 2.05) is 0 Å². The van der Waals surface area contributed by atoms with Gasteiger partial charge < -0.3 is 0 Å². The second kappa shape index (κ2) is 9.00. The number of aliphatic hydroxyl groups excluding tert-OH is 2. The van der Waals surface area contributed by atoms with Gasteiger partial charge in [-0.15, -0.1) is 0 Å². The van der Waals surface area contributed by atoms with E-state index >= 15 is 4.39 Å². The van der Waals surface area contributed by atoms with Crippen molar-refractivity contribution in [1.82, 2.24) is 4.90 Å². The normalized spacial score (nSPS) is 30.9. The maximum absolute atomic E-state index is 15.5. The molecule has 0 aromatic heterocycles. The van der Waals surface area contributed by atoms with Gasteiger partial charge in [0.15, 0.2) is 0 Å². The second-order valence-electron chi connectivity index (χ2n) is 10.9. The number of carbonyl (C=O) groups excluding carboxylic acids is 3. The topological polar surface area (TPSA) is 191 Å². The number of anilines is 1. The predicted octanol–water partition coefficient (Wildman–Crippen LogP) is -0.782. The molecule has 0 saturated carbocycles. The molecule has 5 atom stereocenters. The zero-order chi connectivity index (χ0) is 28.7. The third-order valence-electron chi connectivity index (χ3n) is 8.61. The first-order valence-corrected chi connectivity index (χ1v) is 12.6. The van der Waals surface area contributed by atoms with Gasteiger partial charge >= 0.3 is 224 Å². The molecule has 3 aliphatic carbocycles. The van der Waals surface area contributed by atoms with E-state index in [0.717, 1.165) is 11.0 Å². The summed E-state index contributed by atoms with van der Waals surface area (Å²) < 4.78 is 15.5. The molecule has 206 valence electrons. The molecule has 0 bridgehead atoms. The summed E-state index contributed by atoms with van der Waals surface area (Å²) >= 11 is 0. The van der Waals surface area contributed by atoms with Crippen LogP contribution in [0.1, 0.15) is 35.2 Å². The number of Topliss-reactive ketones (excluding diaryl/α,β-unsaturated/α-hetero) is 1. The van der Waals surface area contributed by atoms with E-state index in [1.165, 1.54) is 4.90 Å². The Hall–Kier alpha value is -3.55. The number of hydrogen-bond acceptors (Lipinski definition) is 9. The number of halogens is 1. The van der Waals surface area contributed by atoms with Gasteiger partial charge in [-0.05, 0) is 0 Å². The number of phenolic OH excluding ortho intramolecular Hbond substituents is 1. The van der Waals surface area contributed by atoms with Crippen LogP contribution < -0.4 is 16.4 Å². The van der Waals surface area contributed by atoms with E-state index in [2.05, 4.69) is 7.49 Å². The number of benzene rings is 1. The number of fused-ring (bicyclic) bond motifs is 3. The van der Waals surface area contributed by atoms with Gasteiger partial charge in [-0.3, -0.25) is 0 Å². The first-order valence-electron chi connectivity index (χ1n) is 12.6. The molecule has 0 radical (unpaired) electrons. The van der Waals surface area contributed by atoms with E-state index in [9.17, 15) is 34.8 Å². The zero-order valence-electron chi connectivity index (χ0n) is 21.6. The standard InChI is InChI=1S/C26H30BFN4O7/c1-31(2)18-11-7-9-6-10-12(28)8-14(32-5-3-4-13(29)25(32)38)19(33)16(10)20(34)15(9)23(36)26(11,39)22(27)17(21(18)35)24(30)37/h8-9,11,13,18,27,33,35-36,39H,3-7,29H2,1-2H3,(H2,30,37)/t9-,11-,13-,18-,26+/m0/s1. The molecule has 13 heteroatoms. The van der Waals surface area contributed by atoms with Gasteiger partial charge in [-0.25, -0.2) is 0 Å². The average molecular weight is 540 g/mol. The van der Waals surface area contributed by atoms with Crippen molar-refractivity contribution in [2.24, 2.45) is 23.3 Å². The van der Waals surface area contributed by atoms with Crippen molar-refractivity contribution >= 4 is 36.2 Å². The number of primary amides is 1. The number of ketones is 1. The van der Waals surface area contributed by atoms with Crippen LogP contribution in [0.25, 0.3) is 0 Å².